The minimum atomic E-state index is 0.143. The lowest BCUT2D eigenvalue weighted by Gasteiger charge is -2.12. The van der Waals surface area contributed by atoms with Crippen molar-refractivity contribution in [1.82, 2.24) is 9.97 Å². The number of nitrogens with one attached hydrogen (secondary N) is 1. The van der Waals surface area contributed by atoms with Crippen LogP contribution in [-0.2, 0) is 0 Å². The van der Waals surface area contributed by atoms with E-state index < -0.39 is 0 Å². The van der Waals surface area contributed by atoms with Crippen LogP contribution in [0.3, 0.4) is 0 Å². The third-order valence-corrected chi connectivity index (χ3v) is 2.67. The number of para-hydroxylation sites is 1. The highest BCUT2D eigenvalue weighted by Crippen LogP contribution is 2.21. The molecule has 0 aliphatic carbocycles. The van der Waals surface area contributed by atoms with Gasteiger partial charge in [0.2, 0.25) is 5.28 Å². The van der Waals surface area contributed by atoms with Crippen molar-refractivity contribution in [1.29, 1.82) is 0 Å². The second-order valence-corrected chi connectivity index (χ2v) is 4.37. The summed E-state index contributed by atoms with van der Waals surface area (Å²) in [7, 11) is 0. The molecular weight excluding hydrogens is 238 g/mol. The molecule has 0 bridgehead atoms. The molecule has 0 saturated heterocycles. The summed E-state index contributed by atoms with van der Waals surface area (Å²) in [6.07, 6.45) is 0. The van der Waals surface area contributed by atoms with E-state index in [1.54, 1.807) is 0 Å². The first kappa shape index (κ1) is 12.1. The first-order valence-corrected chi connectivity index (χ1v) is 5.85. The van der Waals surface area contributed by atoms with Gasteiger partial charge in [0.15, 0.2) is 0 Å². The quantitative estimate of drug-likeness (QED) is 0.819. The first-order valence-electron chi connectivity index (χ1n) is 5.47. The van der Waals surface area contributed by atoms with Crippen molar-refractivity contribution >= 4 is 28.3 Å². The van der Waals surface area contributed by atoms with Gasteiger partial charge < -0.3 is 10.4 Å². The van der Waals surface area contributed by atoms with E-state index in [-0.39, 0.29) is 17.8 Å². The van der Waals surface area contributed by atoms with Crippen molar-refractivity contribution in [3.8, 4) is 0 Å². The third kappa shape index (κ3) is 2.84. The van der Waals surface area contributed by atoms with Gasteiger partial charge in [-0.05, 0) is 29.7 Å². The Morgan fingerprint density at radius 1 is 1.35 bits per heavy atom. The average molecular weight is 252 g/mol. The van der Waals surface area contributed by atoms with Crippen molar-refractivity contribution in [3.05, 3.63) is 29.5 Å². The summed E-state index contributed by atoms with van der Waals surface area (Å²) < 4.78 is 0. The number of hydrogen-bond donors (Lipinski definition) is 2. The standard InChI is InChI=1S/C12H14ClN3O/c1-8(7-17)6-14-11-9-4-2-3-5-10(9)15-12(13)16-11/h2-5,8,17H,6-7H2,1H3,(H,14,15,16). The minimum Gasteiger partial charge on any atom is -0.396 e. The molecule has 0 spiro atoms. The Morgan fingerprint density at radius 2 is 2.12 bits per heavy atom. The molecule has 2 rings (SSSR count). The van der Waals surface area contributed by atoms with Crippen LogP contribution in [-0.4, -0.2) is 28.2 Å². The van der Waals surface area contributed by atoms with Gasteiger partial charge in [-0.25, -0.2) is 9.97 Å². The predicted octanol–water partition coefficient (Wildman–Crippen LogP) is 2.32. The van der Waals surface area contributed by atoms with Gasteiger partial charge >= 0.3 is 0 Å². The lowest BCUT2D eigenvalue weighted by atomic mass is 10.2. The number of aliphatic hydroxyl groups is 1. The summed E-state index contributed by atoms with van der Waals surface area (Å²) in [4.78, 5) is 8.32. The van der Waals surface area contributed by atoms with E-state index in [0.717, 1.165) is 10.9 Å². The van der Waals surface area contributed by atoms with Gasteiger partial charge in [0.25, 0.3) is 0 Å². The topological polar surface area (TPSA) is 58.0 Å². The Bertz CT molecular complexity index is 518. The molecule has 1 heterocycles. The van der Waals surface area contributed by atoms with Crippen LogP contribution < -0.4 is 5.32 Å². The summed E-state index contributed by atoms with van der Waals surface area (Å²) in [5.41, 5.74) is 0.812. The van der Waals surface area contributed by atoms with E-state index in [1.807, 2.05) is 31.2 Å². The number of fused-ring (bicyclic) bond motifs is 1. The highest BCUT2D eigenvalue weighted by molar-refractivity contribution is 6.28. The Hall–Kier alpha value is -1.39. The van der Waals surface area contributed by atoms with Crippen LogP contribution in [0.15, 0.2) is 24.3 Å². The van der Waals surface area contributed by atoms with Crippen molar-refractivity contribution in [3.63, 3.8) is 0 Å². The second kappa shape index (κ2) is 5.29. The zero-order valence-electron chi connectivity index (χ0n) is 9.52. The molecule has 2 N–H and O–H groups in total. The molecule has 0 aliphatic heterocycles. The Kier molecular flexibility index (Phi) is 3.76. The highest BCUT2D eigenvalue weighted by atomic mass is 35.5. The number of anilines is 1. The van der Waals surface area contributed by atoms with E-state index >= 15 is 0 Å². The summed E-state index contributed by atoms with van der Waals surface area (Å²) in [6, 6.07) is 7.67. The largest absolute Gasteiger partial charge is 0.396 e. The Balaban J connectivity index is 2.32. The van der Waals surface area contributed by atoms with Gasteiger partial charge in [0.05, 0.1) is 5.52 Å². The van der Waals surface area contributed by atoms with Crippen molar-refractivity contribution < 1.29 is 5.11 Å². The number of aliphatic hydroxyl groups excluding tert-OH is 1. The lowest BCUT2D eigenvalue weighted by molar-refractivity contribution is 0.244. The minimum absolute atomic E-state index is 0.143. The third-order valence-electron chi connectivity index (χ3n) is 2.51. The van der Waals surface area contributed by atoms with Gasteiger partial charge in [-0.3, -0.25) is 0 Å². The molecule has 1 unspecified atom stereocenters. The van der Waals surface area contributed by atoms with Gasteiger partial charge in [0, 0.05) is 18.5 Å². The van der Waals surface area contributed by atoms with Crippen LogP contribution in [0.1, 0.15) is 6.92 Å². The summed E-state index contributed by atoms with van der Waals surface area (Å²) in [6.45, 7) is 2.75. The number of benzene rings is 1. The van der Waals surface area contributed by atoms with E-state index in [1.165, 1.54) is 0 Å². The SMILES string of the molecule is CC(CO)CNc1nc(Cl)nc2ccccc12. The van der Waals surface area contributed by atoms with Crippen molar-refractivity contribution in [2.24, 2.45) is 5.92 Å². The fraction of sp³-hybridized carbons (Fsp3) is 0.333. The molecule has 90 valence electrons. The molecule has 0 aliphatic rings. The van der Waals surface area contributed by atoms with Crippen LogP contribution in [0.5, 0.6) is 0 Å². The van der Waals surface area contributed by atoms with Crippen LogP contribution in [0.25, 0.3) is 10.9 Å². The molecule has 0 fully saturated rings. The molecule has 1 atom stereocenters. The molecule has 4 nitrogen and oxygen atoms in total. The molecule has 1 aromatic carbocycles. The van der Waals surface area contributed by atoms with E-state index in [4.69, 9.17) is 16.7 Å². The highest BCUT2D eigenvalue weighted by Gasteiger charge is 2.07. The molecule has 1 aromatic heterocycles. The van der Waals surface area contributed by atoms with Gasteiger partial charge in [-0.1, -0.05) is 19.1 Å². The summed E-state index contributed by atoms with van der Waals surface area (Å²) in [5, 5.41) is 13.3. The number of hydrogen-bond acceptors (Lipinski definition) is 4. The summed E-state index contributed by atoms with van der Waals surface area (Å²) >= 11 is 5.86. The van der Waals surface area contributed by atoms with Crippen LogP contribution >= 0.6 is 11.6 Å². The van der Waals surface area contributed by atoms with Crippen LogP contribution in [0.4, 0.5) is 5.82 Å². The van der Waals surface area contributed by atoms with Crippen LogP contribution in [0, 0.1) is 5.92 Å². The van der Waals surface area contributed by atoms with Crippen LogP contribution in [0.2, 0.25) is 5.28 Å². The number of aromatic nitrogens is 2. The van der Waals surface area contributed by atoms with Gasteiger partial charge in [-0.2, -0.15) is 0 Å². The Morgan fingerprint density at radius 3 is 2.88 bits per heavy atom. The molecule has 17 heavy (non-hydrogen) atoms. The lowest BCUT2D eigenvalue weighted by Crippen LogP contribution is -2.15. The molecule has 5 heteroatoms. The molecular formula is C12H14ClN3O. The number of nitrogens with zero attached hydrogens (tertiary/aromatic N) is 2. The number of rotatable bonds is 4. The maximum Gasteiger partial charge on any atom is 0.224 e. The normalized spacial score (nSPS) is 12.6. The first-order chi connectivity index (χ1) is 8.20. The fourth-order valence-electron chi connectivity index (χ4n) is 1.52. The average Bonchev–Trinajstić information content (AvgIpc) is 2.35. The molecule has 0 radical (unpaired) electrons. The Labute approximate surface area is 105 Å². The molecule has 0 amide bonds. The predicted molar refractivity (Wildman–Crippen MR) is 69.3 cm³/mol. The van der Waals surface area contributed by atoms with E-state index in [0.29, 0.717) is 12.4 Å². The molecule has 2 aromatic rings. The monoisotopic (exact) mass is 251 g/mol. The second-order valence-electron chi connectivity index (χ2n) is 4.03. The fourth-order valence-corrected chi connectivity index (χ4v) is 1.69. The maximum atomic E-state index is 8.98. The smallest absolute Gasteiger partial charge is 0.224 e. The molecule has 0 saturated carbocycles. The van der Waals surface area contributed by atoms with E-state index in [2.05, 4.69) is 15.3 Å². The summed E-state index contributed by atoms with van der Waals surface area (Å²) in [5.74, 6) is 0.878. The van der Waals surface area contributed by atoms with Crippen molar-refractivity contribution in [2.75, 3.05) is 18.5 Å². The van der Waals surface area contributed by atoms with Gasteiger partial charge in [0.1, 0.15) is 5.82 Å². The maximum absolute atomic E-state index is 8.98. The zero-order valence-corrected chi connectivity index (χ0v) is 10.3. The van der Waals surface area contributed by atoms with E-state index in [9.17, 15) is 0 Å². The number of halogens is 1. The van der Waals surface area contributed by atoms with Gasteiger partial charge in [-0.15, -0.1) is 0 Å². The zero-order chi connectivity index (χ0) is 12.3. The van der Waals surface area contributed by atoms with Crippen molar-refractivity contribution in [2.45, 2.75) is 6.92 Å².